The molecule has 0 aliphatic heterocycles. The van der Waals surface area contributed by atoms with Crippen LogP contribution in [0.5, 0.6) is 0 Å². The Kier molecular flexibility index (Phi) is 5.35. The summed E-state index contributed by atoms with van der Waals surface area (Å²) < 4.78 is 4.08. The van der Waals surface area contributed by atoms with Crippen molar-refractivity contribution in [3.63, 3.8) is 0 Å². The van der Waals surface area contributed by atoms with Crippen molar-refractivity contribution in [3.8, 4) is 39.2 Å². The maximum Gasteiger partial charge on any atom is 0.280 e. The minimum Gasteiger partial charge on any atom is -0.304 e. The molecule has 0 aliphatic rings. The Morgan fingerprint density at radius 2 is 0.886 bits per heavy atom. The van der Waals surface area contributed by atoms with Gasteiger partial charge in [0.05, 0.1) is 16.7 Å². The van der Waals surface area contributed by atoms with E-state index < -0.39 is 0 Å². The molecular weight excluding hydrogens is 536 g/mol. The largest absolute Gasteiger partial charge is 0.304 e. The van der Waals surface area contributed by atoms with E-state index in [9.17, 15) is 4.79 Å². The third kappa shape index (κ3) is 3.60. The van der Waals surface area contributed by atoms with Gasteiger partial charge in [0.2, 0.25) is 0 Å². The SMILES string of the molecule is O=c1c2c(cc(-c3ccccc3)n2-c2ccccc2)c2cc(-c3ccccc3)cc3c4cc(-c5ccccc5)ccc4n1c23. The zero-order valence-electron chi connectivity index (χ0n) is 23.8. The van der Waals surface area contributed by atoms with Gasteiger partial charge in [-0.05, 0) is 70.3 Å². The summed E-state index contributed by atoms with van der Waals surface area (Å²) in [5.74, 6) is 0. The highest BCUT2D eigenvalue weighted by Gasteiger charge is 2.24. The molecule has 3 heterocycles. The summed E-state index contributed by atoms with van der Waals surface area (Å²) in [7, 11) is 0. The van der Waals surface area contributed by atoms with Crippen molar-refractivity contribution in [2.75, 3.05) is 0 Å². The van der Waals surface area contributed by atoms with Gasteiger partial charge in [0.25, 0.3) is 5.56 Å². The van der Waals surface area contributed by atoms with Crippen LogP contribution >= 0.6 is 0 Å². The molecule has 9 rings (SSSR count). The maximum atomic E-state index is 14.9. The summed E-state index contributed by atoms with van der Waals surface area (Å²) in [6.45, 7) is 0. The number of hydrogen-bond acceptors (Lipinski definition) is 1. The molecule has 0 unspecified atom stereocenters. The first-order valence-corrected chi connectivity index (χ1v) is 14.9. The highest BCUT2D eigenvalue weighted by molar-refractivity contribution is 6.22. The van der Waals surface area contributed by atoms with E-state index in [1.807, 2.05) is 52.9 Å². The lowest BCUT2D eigenvalue weighted by molar-refractivity contribution is 1.10. The van der Waals surface area contributed by atoms with Gasteiger partial charge in [0.1, 0.15) is 5.52 Å². The van der Waals surface area contributed by atoms with Crippen molar-refractivity contribution in [2.45, 2.75) is 0 Å². The predicted molar refractivity (Wildman–Crippen MR) is 183 cm³/mol. The van der Waals surface area contributed by atoms with Crippen LogP contribution in [0.15, 0.2) is 163 Å². The molecule has 0 aliphatic carbocycles. The molecule has 3 heteroatoms. The van der Waals surface area contributed by atoms with Crippen molar-refractivity contribution < 1.29 is 0 Å². The summed E-state index contributed by atoms with van der Waals surface area (Å²) in [5, 5.41) is 4.19. The summed E-state index contributed by atoms with van der Waals surface area (Å²) in [6, 6.07) is 54.7. The number of pyridine rings is 1. The second-order valence-corrected chi connectivity index (χ2v) is 11.4. The predicted octanol–water partition coefficient (Wildman–Crippen LogP) is 9.99. The zero-order chi connectivity index (χ0) is 29.2. The molecule has 206 valence electrons. The van der Waals surface area contributed by atoms with Gasteiger partial charge in [-0.15, -0.1) is 0 Å². The first kappa shape index (κ1) is 24.6. The second kappa shape index (κ2) is 9.55. The fraction of sp³-hybridized carbons (Fsp3) is 0. The molecule has 0 bridgehead atoms. The van der Waals surface area contributed by atoms with Gasteiger partial charge >= 0.3 is 0 Å². The highest BCUT2D eigenvalue weighted by Crippen LogP contribution is 2.41. The minimum atomic E-state index is -0.0153. The first-order chi connectivity index (χ1) is 21.8. The van der Waals surface area contributed by atoms with Crippen LogP contribution in [-0.2, 0) is 0 Å². The third-order valence-electron chi connectivity index (χ3n) is 8.86. The monoisotopic (exact) mass is 562 g/mol. The van der Waals surface area contributed by atoms with E-state index in [1.54, 1.807) is 0 Å². The normalized spacial score (nSPS) is 11.7. The number of aromatic nitrogens is 2. The fourth-order valence-corrected chi connectivity index (χ4v) is 6.87. The maximum absolute atomic E-state index is 14.9. The molecule has 0 saturated carbocycles. The first-order valence-electron chi connectivity index (χ1n) is 14.9. The summed E-state index contributed by atoms with van der Waals surface area (Å²) >= 11 is 0. The molecule has 9 aromatic rings. The average Bonchev–Trinajstić information content (AvgIpc) is 3.66. The van der Waals surface area contributed by atoms with E-state index in [4.69, 9.17) is 0 Å². The van der Waals surface area contributed by atoms with Crippen molar-refractivity contribution in [1.29, 1.82) is 0 Å². The van der Waals surface area contributed by atoms with E-state index in [-0.39, 0.29) is 5.56 Å². The number of para-hydroxylation sites is 1. The molecule has 0 spiro atoms. The number of nitrogens with zero attached hydrogens (tertiary/aromatic N) is 2. The van der Waals surface area contributed by atoms with Crippen molar-refractivity contribution in [3.05, 3.63) is 168 Å². The minimum absolute atomic E-state index is 0.0153. The number of benzene rings is 6. The van der Waals surface area contributed by atoms with Crippen LogP contribution in [0.2, 0.25) is 0 Å². The second-order valence-electron chi connectivity index (χ2n) is 11.4. The van der Waals surface area contributed by atoms with Crippen LogP contribution < -0.4 is 5.56 Å². The average molecular weight is 563 g/mol. The van der Waals surface area contributed by atoms with Gasteiger partial charge in [-0.2, -0.15) is 0 Å². The molecule has 0 fully saturated rings. The fourth-order valence-electron chi connectivity index (χ4n) is 6.87. The Hall–Kier alpha value is -5.93. The van der Waals surface area contributed by atoms with E-state index in [0.29, 0.717) is 5.52 Å². The van der Waals surface area contributed by atoms with Crippen molar-refractivity contribution in [1.82, 2.24) is 8.97 Å². The number of rotatable bonds is 4. The molecule has 0 radical (unpaired) electrons. The van der Waals surface area contributed by atoms with Crippen LogP contribution in [0.1, 0.15) is 0 Å². The molecule has 3 aromatic heterocycles. The molecule has 3 nitrogen and oxygen atoms in total. The number of hydrogen-bond donors (Lipinski definition) is 0. The van der Waals surface area contributed by atoms with E-state index in [1.165, 1.54) is 0 Å². The summed E-state index contributed by atoms with van der Waals surface area (Å²) in [6.07, 6.45) is 0. The molecule has 0 saturated heterocycles. The van der Waals surface area contributed by atoms with Gasteiger partial charge in [-0.1, -0.05) is 115 Å². The lowest BCUT2D eigenvalue weighted by Gasteiger charge is -2.12. The Bertz CT molecular complexity index is 2530. The van der Waals surface area contributed by atoms with Gasteiger partial charge in [-0.25, -0.2) is 0 Å². The van der Waals surface area contributed by atoms with Crippen molar-refractivity contribution >= 4 is 38.1 Å². The van der Waals surface area contributed by atoms with Gasteiger partial charge in [0, 0.05) is 27.2 Å². The standard InChI is InChI=1S/C41H26N2O/c44-41-40-36(26-38(29-17-9-3-10-18-29)42(40)32-19-11-4-12-20-32)35-25-31(28-15-7-2-8-16-28)24-34-33-23-30(27-13-5-1-6-14-27)21-22-37(33)43(41)39(34)35/h1-26H. The lowest BCUT2D eigenvalue weighted by Crippen LogP contribution is -2.16. The molecule has 0 N–H and O–H groups in total. The van der Waals surface area contributed by atoms with Crippen molar-refractivity contribution in [2.24, 2.45) is 0 Å². The zero-order valence-corrected chi connectivity index (χ0v) is 23.8. The molecule has 6 aromatic carbocycles. The van der Waals surface area contributed by atoms with Gasteiger partial charge in [-0.3, -0.25) is 9.20 Å². The lowest BCUT2D eigenvalue weighted by atomic mass is 9.97. The smallest absolute Gasteiger partial charge is 0.280 e. The topological polar surface area (TPSA) is 26.4 Å². The number of fused-ring (bicyclic) bond motifs is 5. The summed E-state index contributed by atoms with van der Waals surface area (Å²) in [4.78, 5) is 14.9. The summed E-state index contributed by atoms with van der Waals surface area (Å²) in [5.41, 5.74) is 10.1. The Labute approximate surface area is 253 Å². The van der Waals surface area contributed by atoms with Crippen LogP contribution in [0.25, 0.3) is 77.3 Å². The molecular formula is C41H26N2O. The van der Waals surface area contributed by atoms with Crippen LogP contribution in [-0.4, -0.2) is 8.97 Å². The Balaban J connectivity index is 1.49. The molecule has 0 amide bonds. The third-order valence-corrected chi connectivity index (χ3v) is 8.86. The molecule has 0 atom stereocenters. The van der Waals surface area contributed by atoms with Crippen LogP contribution in [0.3, 0.4) is 0 Å². The molecule has 44 heavy (non-hydrogen) atoms. The van der Waals surface area contributed by atoms with Gasteiger partial charge < -0.3 is 4.57 Å². The van der Waals surface area contributed by atoms with E-state index in [2.05, 4.69) is 114 Å². The Morgan fingerprint density at radius 1 is 0.386 bits per heavy atom. The quantitative estimate of drug-likeness (QED) is 0.210. The Morgan fingerprint density at radius 3 is 1.52 bits per heavy atom. The van der Waals surface area contributed by atoms with Crippen LogP contribution in [0, 0.1) is 0 Å². The van der Waals surface area contributed by atoms with E-state index in [0.717, 1.165) is 71.8 Å². The highest BCUT2D eigenvalue weighted by atomic mass is 16.1. The van der Waals surface area contributed by atoms with Crippen LogP contribution in [0.4, 0.5) is 0 Å². The van der Waals surface area contributed by atoms with E-state index >= 15 is 0 Å². The van der Waals surface area contributed by atoms with Gasteiger partial charge in [0.15, 0.2) is 0 Å².